The van der Waals surface area contributed by atoms with Gasteiger partial charge in [-0.15, -0.1) is 0 Å². The molecule has 19 heavy (non-hydrogen) atoms. The Kier molecular flexibility index (Phi) is 6.92. The topological polar surface area (TPSA) is 59.6 Å². The summed E-state index contributed by atoms with van der Waals surface area (Å²) in [7, 11) is 0. The lowest BCUT2D eigenvalue weighted by atomic mass is 10.2. The molecule has 0 saturated carbocycles. The second kappa shape index (κ2) is 8.50. The van der Waals surface area contributed by atoms with Gasteiger partial charge in [-0.05, 0) is 32.4 Å². The van der Waals surface area contributed by atoms with Gasteiger partial charge >= 0.3 is 6.03 Å². The van der Waals surface area contributed by atoms with Crippen molar-refractivity contribution in [1.29, 1.82) is 0 Å². The van der Waals surface area contributed by atoms with Gasteiger partial charge in [0.1, 0.15) is 0 Å². The highest BCUT2D eigenvalue weighted by Gasteiger charge is 2.10. The standard InChI is InChI=1S/C14H22N2O3/c1-4-18-13(19-5-2)10-15-14(17)16-12-9-7-6-8-11(12)3/h6-9,13H,4-5,10H2,1-3H3,(H2,15,16,17). The van der Waals surface area contributed by atoms with Crippen LogP contribution in [0.25, 0.3) is 0 Å². The van der Waals surface area contributed by atoms with Gasteiger partial charge in [0.2, 0.25) is 0 Å². The van der Waals surface area contributed by atoms with Gasteiger partial charge in [-0.2, -0.15) is 0 Å². The second-order valence-electron chi connectivity index (χ2n) is 3.99. The molecule has 0 spiro atoms. The zero-order valence-corrected chi connectivity index (χ0v) is 11.7. The first-order valence-corrected chi connectivity index (χ1v) is 6.51. The van der Waals surface area contributed by atoms with E-state index in [0.717, 1.165) is 11.3 Å². The van der Waals surface area contributed by atoms with Crippen LogP contribution in [0.2, 0.25) is 0 Å². The van der Waals surface area contributed by atoms with Crippen LogP contribution < -0.4 is 10.6 Å². The molecule has 1 aromatic carbocycles. The first kappa shape index (κ1) is 15.5. The molecule has 0 atom stereocenters. The first-order valence-electron chi connectivity index (χ1n) is 6.51. The van der Waals surface area contributed by atoms with E-state index in [-0.39, 0.29) is 6.03 Å². The Bertz CT molecular complexity index is 390. The lowest BCUT2D eigenvalue weighted by molar-refractivity contribution is -0.131. The Hall–Kier alpha value is -1.59. The zero-order valence-electron chi connectivity index (χ0n) is 11.7. The first-order chi connectivity index (χ1) is 9.17. The average Bonchev–Trinajstić information content (AvgIpc) is 2.39. The van der Waals surface area contributed by atoms with Crippen molar-refractivity contribution in [3.63, 3.8) is 0 Å². The van der Waals surface area contributed by atoms with Crippen LogP contribution in [-0.4, -0.2) is 32.1 Å². The van der Waals surface area contributed by atoms with Crippen LogP contribution in [-0.2, 0) is 9.47 Å². The van der Waals surface area contributed by atoms with Crippen molar-refractivity contribution in [3.05, 3.63) is 29.8 Å². The smallest absolute Gasteiger partial charge is 0.319 e. The summed E-state index contributed by atoms with van der Waals surface area (Å²) in [5.74, 6) is 0. The Morgan fingerprint density at radius 3 is 2.42 bits per heavy atom. The minimum absolute atomic E-state index is 0.265. The number of para-hydroxylation sites is 1. The van der Waals surface area contributed by atoms with Gasteiger partial charge in [-0.3, -0.25) is 0 Å². The molecule has 0 unspecified atom stereocenters. The highest BCUT2D eigenvalue weighted by molar-refractivity contribution is 5.89. The average molecular weight is 266 g/mol. The summed E-state index contributed by atoms with van der Waals surface area (Å²) in [6.45, 7) is 7.13. The van der Waals surface area contributed by atoms with Crippen LogP contribution in [0.1, 0.15) is 19.4 Å². The normalized spacial score (nSPS) is 10.5. The highest BCUT2D eigenvalue weighted by Crippen LogP contribution is 2.12. The van der Waals surface area contributed by atoms with Crippen LogP contribution in [0, 0.1) is 6.92 Å². The number of aryl methyl sites for hydroxylation is 1. The number of rotatable bonds is 7. The second-order valence-corrected chi connectivity index (χ2v) is 3.99. The quantitative estimate of drug-likeness (QED) is 0.745. The molecule has 0 radical (unpaired) electrons. The minimum atomic E-state index is -0.405. The van der Waals surface area contributed by atoms with E-state index >= 15 is 0 Å². The molecule has 0 bridgehead atoms. The van der Waals surface area contributed by atoms with Gasteiger partial charge in [0.05, 0.1) is 6.54 Å². The molecule has 0 aromatic heterocycles. The number of nitrogens with one attached hydrogen (secondary N) is 2. The fourth-order valence-corrected chi connectivity index (χ4v) is 1.59. The SMILES string of the molecule is CCOC(CNC(=O)Nc1ccccc1C)OCC. The number of hydrogen-bond donors (Lipinski definition) is 2. The van der Waals surface area contributed by atoms with Crippen LogP contribution in [0.4, 0.5) is 10.5 Å². The Morgan fingerprint density at radius 2 is 1.84 bits per heavy atom. The number of ether oxygens (including phenoxy) is 2. The lowest BCUT2D eigenvalue weighted by Crippen LogP contribution is -2.37. The zero-order chi connectivity index (χ0) is 14.1. The van der Waals surface area contributed by atoms with Crippen molar-refractivity contribution in [1.82, 2.24) is 5.32 Å². The van der Waals surface area contributed by atoms with Crippen molar-refractivity contribution in [2.24, 2.45) is 0 Å². The summed E-state index contributed by atoms with van der Waals surface area (Å²) in [6.07, 6.45) is -0.405. The number of carbonyl (C=O) groups excluding carboxylic acids is 1. The Morgan fingerprint density at radius 1 is 1.21 bits per heavy atom. The fraction of sp³-hybridized carbons (Fsp3) is 0.500. The Balaban J connectivity index is 2.40. The third-order valence-electron chi connectivity index (χ3n) is 2.53. The van der Waals surface area contributed by atoms with E-state index in [1.807, 2.05) is 45.0 Å². The van der Waals surface area contributed by atoms with E-state index in [9.17, 15) is 4.79 Å². The highest BCUT2D eigenvalue weighted by atomic mass is 16.7. The van der Waals surface area contributed by atoms with Gasteiger partial charge in [-0.25, -0.2) is 4.79 Å². The Labute approximate surface area is 114 Å². The van der Waals surface area contributed by atoms with Crippen molar-refractivity contribution in [3.8, 4) is 0 Å². The molecule has 0 aliphatic rings. The van der Waals surface area contributed by atoms with Crippen LogP contribution in [0.5, 0.6) is 0 Å². The van der Waals surface area contributed by atoms with Crippen molar-refractivity contribution < 1.29 is 14.3 Å². The van der Waals surface area contributed by atoms with E-state index in [0.29, 0.717) is 19.8 Å². The van der Waals surface area contributed by atoms with Gasteiger partial charge in [0.25, 0.3) is 0 Å². The molecule has 2 N–H and O–H groups in total. The van der Waals surface area contributed by atoms with Crippen molar-refractivity contribution in [2.75, 3.05) is 25.1 Å². The minimum Gasteiger partial charge on any atom is -0.351 e. The molecule has 106 valence electrons. The monoisotopic (exact) mass is 266 g/mol. The number of carbonyl (C=O) groups is 1. The molecular weight excluding hydrogens is 244 g/mol. The van der Waals surface area contributed by atoms with E-state index in [4.69, 9.17) is 9.47 Å². The molecule has 0 heterocycles. The van der Waals surface area contributed by atoms with Crippen molar-refractivity contribution in [2.45, 2.75) is 27.1 Å². The molecule has 1 aromatic rings. The van der Waals surface area contributed by atoms with E-state index in [2.05, 4.69) is 10.6 Å². The summed E-state index contributed by atoms with van der Waals surface area (Å²) >= 11 is 0. The maximum Gasteiger partial charge on any atom is 0.319 e. The molecule has 0 aliphatic heterocycles. The van der Waals surface area contributed by atoms with E-state index in [1.165, 1.54) is 0 Å². The van der Waals surface area contributed by atoms with Gasteiger partial charge in [0, 0.05) is 18.9 Å². The molecule has 0 aliphatic carbocycles. The predicted molar refractivity (Wildman–Crippen MR) is 75.2 cm³/mol. The molecule has 5 heteroatoms. The summed E-state index contributed by atoms with van der Waals surface area (Å²) in [4.78, 5) is 11.7. The van der Waals surface area contributed by atoms with Gasteiger partial charge in [0.15, 0.2) is 6.29 Å². The largest absolute Gasteiger partial charge is 0.351 e. The molecular formula is C14H22N2O3. The van der Waals surface area contributed by atoms with Crippen LogP contribution in [0.15, 0.2) is 24.3 Å². The summed E-state index contributed by atoms with van der Waals surface area (Å²) in [5, 5.41) is 5.52. The summed E-state index contributed by atoms with van der Waals surface area (Å²) in [6, 6.07) is 7.35. The van der Waals surface area contributed by atoms with E-state index < -0.39 is 6.29 Å². The number of amides is 2. The number of anilines is 1. The molecule has 1 rings (SSSR count). The third-order valence-corrected chi connectivity index (χ3v) is 2.53. The summed E-state index contributed by atoms with van der Waals surface area (Å²) < 4.78 is 10.7. The molecule has 0 saturated heterocycles. The lowest BCUT2D eigenvalue weighted by Gasteiger charge is -2.17. The number of hydrogen-bond acceptors (Lipinski definition) is 3. The van der Waals surface area contributed by atoms with Crippen LogP contribution in [0.3, 0.4) is 0 Å². The van der Waals surface area contributed by atoms with E-state index in [1.54, 1.807) is 0 Å². The predicted octanol–water partition coefficient (Wildman–Crippen LogP) is 2.52. The van der Waals surface area contributed by atoms with Crippen LogP contribution >= 0.6 is 0 Å². The van der Waals surface area contributed by atoms with Gasteiger partial charge in [-0.1, -0.05) is 18.2 Å². The fourth-order valence-electron chi connectivity index (χ4n) is 1.59. The molecule has 2 amide bonds. The molecule has 5 nitrogen and oxygen atoms in total. The third kappa shape index (κ3) is 5.72. The summed E-state index contributed by atoms with van der Waals surface area (Å²) in [5.41, 5.74) is 1.81. The van der Waals surface area contributed by atoms with Crippen molar-refractivity contribution >= 4 is 11.7 Å². The maximum atomic E-state index is 11.7. The number of benzene rings is 1. The maximum absolute atomic E-state index is 11.7. The molecule has 0 fully saturated rings. The van der Waals surface area contributed by atoms with Gasteiger partial charge < -0.3 is 20.1 Å². The number of urea groups is 1.